The van der Waals surface area contributed by atoms with Crippen LogP contribution in [0.25, 0.3) is 0 Å². The van der Waals surface area contributed by atoms with Crippen molar-refractivity contribution >= 4 is 14.6 Å². The van der Waals surface area contributed by atoms with Gasteiger partial charge < -0.3 is 29.1 Å². The van der Waals surface area contributed by atoms with Crippen LogP contribution in [0.3, 0.4) is 0 Å². The predicted octanol–water partition coefficient (Wildman–Crippen LogP) is 11.9. The van der Waals surface area contributed by atoms with E-state index in [1.54, 1.807) is 6.26 Å². The summed E-state index contributed by atoms with van der Waals surface area (Å²) in [5.41, 5.74) is 5.42. The minimum atomic E-state index is -2.08. The molecule has 8 heteroatoms. The number of rotatable bonds is 37. The number of ether oxygens (including phenoxy) is 2. The van der Waals surface area contributed by atoms with Crippen LogP contribution in [-0.2, 0) is 23.3 Å². The summed E-state index contributed by atoms with van der Waals surface area (Å²) in [5, 5.41) is 0. The number of allylic oxidation sites excluding steroid dienone is 9. The van der Waals surface area contributed by atoms with Crippen LogP contribution in [0.2, 0.25) is 0 Å². The number of carbonyl (C=O) groups excluding carboxylic acids is 1. The summed E-state index contributed by atoms with van der Waals surface area (Å²) in [5.74, 6) is -0.307. The molecule has 0 aromatic carbocycles. The zero-order valence-corrected chi connectivity index (χ0v) is 32.4. The fourth-order valence-corrected chi connectivity index (χ4v) is 5.63. The van der Waals surface area contributed by atoms with E-state index in [4.69, 9.17) is 24.3 Å². The molecular formula is C41H74NO6P. The molecule has 49 heavy (non-hydrogen) atoms. The summed E-state index contributed by atoms with van der Waals surface area (Å²) in [6.45, 7) is 5.12. The molecule has 0 amide bonds. The molecule has 0 fully saturated rings. The zero-order chi connectivity index (χ0) is 35.7. The number of hydrogen-bond acceptors (Lipinski definition) is 7. The van der Waals surface area contributed by atoms with E-state index in [0.717, 1.165) is 38.5 Å². The first kappa shape index (κ1) is 47.2. The topological polar surface area (TPSA) is 100 Å². The summed E-state index contributed by atoms with van der Waals surface area (Å²) in [6, 6.07) is 0. The first-order valence-electron chi connectivity index (χ1n) is 19.6. The second kappa shape index (κ2) is 40.7. The van der Waals surface area contributed by atoms with Crippen LogP contribution in [-0.4, -0.2) is 43.3 Å². The first-order valence-corrected chi connectivity index (χ1v) is 20.8. The second-order valence-corrected chi connectivity index (χ2v) is 13.6. The van der Waals surface area contributed by atoms with E-state index in [1.165, 1.54) is 96.3 Å². The Kier molecular flexibility index (Phi) is 39.2. The van der Waals surface area contributed by atoms with Gasteiger partial charge in [0.2, 0.25) is 0 Å². The molecule has 0 heterocycles. The number of nitrogens with two attached hydrogens (primary N) is 1. The fraction of sp³-hybridized carbons (Fsp3) is 0.732. The molecular weight excluding hydrogens is 633 g/mol. The average Bonchev–Trinajstić information content (AvgIpc) is 3.10. The monoisotopic (exact) mass is 708 g/mol. The Morgan fingerprint density at radius 1 is 0.612 bits per heavy atom. The number of carbonyl (C=O) groups is 1. The maximum absolute atomic E-state index is 12.5. The molecule has 0 aliphatic heterocycles. The highest BCUT2D eigenvalue weighted by atomic mass is 31.2. The van der Waals surface area contributed by atoms with Gasteiger partial charge in [-0.2, -0.15) is 0 Å². The van der Waals surface area contributed by atoms with E-state index in [0.29, 0.717) is 12.8 Å². The normalized spacial score (nSPS) is 13.6. The lowest BCUT2D eigenvalue weighted by Crippen LogP contribution is -2.27. The van der Waals surface area contributed by atoms with E-state index in [9.17, 15) is 9.69 Å². The molecule has 0 rings (SSSR count). The van der Waals surface area contributed by atoms with Crippen LogP contribution >= 0.6 is 8.60 Å². The van der Waals surface area contributed by atoms with Crippen LogP contribution in [0.4, 0.5) is 0 Å². The third-order valence-electron chi connectivity index (χ3n) is 7.90. The predicted molar refractivity (Wildman–Crippen MR) is 209 cm³/mol. The molecule has 3 N–H and O–H groups in total. The molecule has 2 unspecified atom stereocenters. The molecule has 0 saturated carbocycles. The standard InChI is InChI=1S/C41H74NO6P/c1-3-5-7-9-11-13-15-17-19-20-21-22-24-26-28-30-32-34-41(43)48-40(39-47-49(44)46-37-35-42)38-45-36-33-31-29-27-25-23-18-16-14-12-10-8-6-4-2/h11,13,17,19,21-22,26,28,33,36,40,44H,3-10,12,14-16,18,20,23-25,27,29-32,34-35,37-39,42H2,1-2H3/b13-11-,19-17-,22-21-,28-26-,36-33-. The van der Waals surface area contributed by atoms with Crippen LogP contribution < -0.4 is 5.73 Å². The number of unbranched alkanes of at least 4 members (excludes halogenated alkanes) is 16. The van der Waals surface area contributed by atoms with Gasteiger partial charge in [0.05, 0.1) is 19.5 Å². The molecule has 0 spiro atoms. The maximum Gasteiger partial charge on any atom is 0.330 e. The SMILES string of the molecule is CCCCC/C=C\C/C=C\C/C=C\C/C=C\CCCC(=O)OC(CO/C=C\CCCCCCCCCCCCCC)COP(O)OCCN. The molecule has 0 bridgehead atoms. The van der Waals surface area contributed by atoms with Crippen LogP contribution in [0.5, 0.6) is 0 Å². The van der Waals surface area contributed by atoms with E-state index in [-0.39, 0.29) is 32.3 Å². The van der Waals surface area contributed by atoms with Crippen molar-refractivity contribution in [1.82, 2.24) is 0 Å². The van der Waals surface area contributed by atoms with Crippen LogP contribution in [0.1, 0.15) is 162 Å². The van der Waals surface area contributed by atoms with Crippen molar-refractivity contribution in [3.05, 3.63) is 60.9 Å². The average molecular weight is 708 g/mol. The van der Waals surface area contributed by atoms with Gasteiger partial charge in [0.1, 0.15) is 6.61 Å². The van der Waals surface area contributed by atoms with Gasteiger partial charge in [0.25, 0.3) is 0 Å². The van der Waals surface area contributed by atoms with Gasteiger partial charge in [-0.1, -0.05) is 146 Å². The quantitative estimate of drug-likeness (QED) is 0.0218. The van der Waals surface area contributed by atoms with Crippen molar-refractivity contribution in [2.45, 2.75) is 168 Å². The van der Waals surface area contributed by atoms with Crippen molar-refractivity contribution in [1.29, 1.82) is 0 Å². The van der Waals surface area contributed by atoms with Crippen molar-refractivity contribution in [2.75, 3.05) is 26.4 Å². The first-order chi connectivity index (χ1) is 24.1. The lowest BCUT2D eigenvalue weighted by atomic mass is 10.0. The molecule has 0 aromatic rings. The van der Waals surface area contributed by atoms with Gasteiger partial charge in [-0.3, -0.25) is 4.79 Å². The largest absolute Gasteiger partial charge is 0.498 e. The molecule has 0 aromatic heterocycles. The third kappa shape index (κ3) is 38.9. The summed E-state index contributed by atoms with van der Waals surface area (Å²) in [7, 11) is -2.08. The van der Waals surface area contributed by atoms with Gasteiger partial charge in [-0.25, -0.2) is 0 Å². The molecule has 0 aliphatic carbocycles. The lowest BCUT2D eigenvalue weighted by Gasteiger charge is -2.19. The molecule has 0 radical (unpaired) electrons. The molecule has 284 valence electrons. The van der Waals surface area contributed by atoms with Gasteiger partial charge in [0.15, 0.2) is 6.10 Å². The Hall–Kier alpha value is -1.76. The minimum Gasteiger partial charge on any atom is -0.498 e. The Morgan fingerprint density at radius 3 is 1.65 bits per heavy atom. The van der Waals surface area contributed by atoms with E-state index in [2.05, 4.69) is 62.5 Å². The van der Waals surface area contributed by atoms with Crippen molar-refractivity contribution in [2.24, 2.45) is 5.73 Å². The Labute approximate surface area is 302 Å². The Balaban J connectivity index is 4.14. The third-order valence-corrected chi connectivity index (χ3v) is 8.67. The molecule has 7 nitrogen and oxygen atoms in total. The highest BCUT2D eigenvalue weighted by molar-refractivity contribution is 7.40. The van der Waals surface area contributed by atoms with E-state index in [1.807, 2.05) is 6.08 Å². The van der Waals surface area contributed by atoms with Gasteiger partial charge in [0, 0.05) is 13.0 Å². The second-order valence-electron chi connectivity index (χ2n) is 12.6. The summed E-state index contributed by atoms with van der Waals surface area (Å²) < 4.78 is 21.7. The molecule has 0 saturated heterocycles. The molecule has 2 atom stereocenters. The fourth-order valence-electron chi connectivity index (χ4n) is 5.00. The van der Waals surface area contributed by atoms with Gasteiger partial charge in [-0.15, -0.1) is 0 Å². The Bertz CT molecular complexity index is 844. The summed E-state index contributed by atoms with van der Waals surface area (Å²) in [6.07, 6.45) is 47.3. The van der Waals surface area contributed by atoms with Crippen molar-refractivity contribution < 1.29 is 28.2 Å². The number of hydrogen-bond donors (Lipinski definition) is 2. The van der Waals surface area contributed by atoms with Gasteiger partial charge in [-0.05, 0) is 63.9 Å². The van der Waals surface area contributed by atoms with Crippen molar-refractivity contribution in [3.63, 3.8) is 0 Å². The lowest BCUT2D eigenvalue weighted by molar-refractivity contribution is -0.153. The highest BCUT2D eigenvalue weighted by Crippen LogP contribution is 2.32. The smallest absolute Gasteiger partial charge is 0.330 e. The van der Waals surface area contributed by atoms with Gasteiger partial charge >= 0.3 is 14.6 Å². The zero-order valence-electron chi connectivity index (χ0n) is 31.5. The van der Waals surface area contributed by atoms with Crippen molar-refractivity contribution in [3.8, 4) is 0 Å². The van der Waals surface area contributed by atoms with Crippen LogP contribution in [0, 0.1) is 0 Å². The van der Waals surface area contributed by atoms with E-state index < -0.39 is 14.7 Å². The van der Waals surface area contributed by atoms with E-state index >= 15 is 0 Å². The molecule has 0 aliphatic rings. The minimum absolute atomic E-state index is 0.0116. The Morgan fingerprint density at radius 2 is 1.08 bits per heavy atom. The summed E-state index contributed by atoms with van der Waals surface area (Å²) in [4.78, 5) is 22.4. The summed E-state index contributed by atoms with van der Waals surface area (Å²) >= 11 is 0. The highest BCUT2D eigenvalue weighted by Gasteiger charge is 2.18. The number of esters is 1. The van der Waals surface area contributed by atoms with Crippen LogP contribution in [0.15, 0.2) is 60.9 Å². The maximum atomic E-state index is 12.5.